The van der Waals surface area contributed by atoms with Crippen LogP contribution in [0.2, 0.25) is 0 Å². The fourth-order valence-corrected chi connectivity index (χ4v) is 1.77. The van der Waals surface area contributed by atoms with Gasteiger partial charge in [0, 0.05) is 6.07 Å². The summed E-state index contributed by atoms with van der Waals surface area (Å²) in [5.74, 6) is 4.21. The van der Waals surface area contributed by atoms with Crippen LogP contribution in [-0.4, -0.2) is 0 Å². The van der Waals surface area contributed by atoms with E-state index in [1.807, 2.05) is 30.3 Å². The Balaban J connectivity index is 2.42. The van der Waals surface area contributed by atoms with E-state index in [0.717, 1.165) is 11.6 Å². The van der Waals surface area contributed by atoms with E-state index in [4.69, 9.17) is 5.84 Å². The first-order chi connectivity index (χ1) is 8.20. The molecule has 0 aliphatic carbocycles. The average Bonchev–Trinajstić information content (AvgIpc) is 2.30. The fourth-order valence-electron chi connectivity index (χ4n) is 1.77. The summed E-state index contributed by atoms with van der Waals surface area (Å²) in [7, 11) is 0. The molecule has 2 aromatic carbocycles. The van der Waals surface area contributed by atoms with Crippen LogP contribution in [0, 0.1) is 11.6 Å². The second-order valence-corrected chi connectivity index (χ2v) is 3.71. The molecule has 0 saturated heterocycles. The van der Waals surface area contributed by atoms with Crippen LogP contribution in [0.25, 0.3) is 0 Å². The third kappa shape index (κ3) is 2.67. The van der Waals surface area contributed by atoms with Crippen LogP contribution in [0.1, 0.15) is 17.2 Å². The Bertz CT molecular complexity index is 480. The van der Waals surface area contributed by atoms with Crippen molar-refractivity contribution < 1.29 is 8.78 Å². The molecule has 88 valence electrons. The molecule has 0 bridgehead atoms. The maximum Gasteiger partial charge on any atom is 0.126 e. The molecule has 17 heavy (non-hydrogen) atoms. The summed E-state index contributed by atoms with van der Waals surface area (Å²) in [5.41, 5.74) is 3.86. The zero-order valence-corrected chi connectivity index (χ0v) is 9.03. The van der Waals surface area contributed by atoms with Gasteiger partial charge in [-0.2, -0.15) is 0 Å². The summed E-state index contributed by atoms with van der Waals surface area (Å²) in [5, 5.41) is 0. The van der Waals surface area contributed by atoms with E-state index in [2.05, 4.69) is 5.43 Å². The third-order valence-electron chi connectivity index (χ3n) is 2.52. The Labute approximate surface area is 98.0 Å². The average molecular weight is 234 g/mol. The minimum absolute atomic E-state index is 0.429. The van der Waals surface area contributed by atoms with Crippen molar-refractivity contribution in [1.82, 2.24) is 5.43 Å². The summed E-state index contributed by atoms with van der Waals surface area (Å²) in [6.07, 6.45) is 0. The van der Waals surface area contributed by atoms with E-state index in [1.54, 1.807) is 0 Å². The van der Waals surface area contributed by atoms with Crippen LogP contribution in [0.15, 0.2) is 48.5 Å². The Morgan fingerprint density at radius 1 is 0.882 bits per heavy atom. The SMILES string of the molecule is NN[C@H](c1ccccc1)c1cc(F)cc(F)c1. The number of nitrogens with one attached hydrogen (secondary N) is 1. The first kappa shape index (κ1) is 11.7. The predicted octanol–water partition coefficient (Wildman–Crippen LogP) is 2.52. The fraction of sp³-hybridized carbons (Fsp3) is 0.0769. The molecule has 2 aromatic rings. The highest BCUT2D eigenvalue weighted by molar-refractivity contribution is 5.32. The maximum absolute atomic E-state index is 13.1. The molecule has 0 aliphatic rings. The quantitative estimate of drug-likeness (QED) is 0.632. The van der Waals surface area contributed by atoms with E-state index in [0.29, 0.717) is 5.56 Å². The van der Waals surface area contributed by atoms with E-state index >= 15 is 0 Å². The summed E-state index contributed by atoms with van der Waals surface area (Å²) in [6.45, 7) is 0. The predicted molar refractivity (Wildman–Crippen MR) is 62.0 cm³/mol. The lowest BCUT2D eigenvalue weighted by Gasteiger charge is -2.16. The number of nitrogens with two attached hydrogens (primary N) is 1. The van der Waals surface area contributed by atoms with Crippen molar-refractivity contribution in [3.05, 3.63) is 71.3 Å². The monoisotopic (exact) mass is 234 g/mol. The van der Waals surface area contributed by atoms with Crippen LogP contribution in [0.4, 0.5) is 8.78 Å². The number of benzene rings is 2. The number of rotatable bonds is 3. The molecule has 1 atom stereocenters. The van der Waals surface area contributed by atoms with Gasteiger partial charge in [0.2, 0.25) is 0 Å². The third-order valence-corrected chi connectivity index (χ3v) is 2.52. The molecule has 3 N–H and O–H groups in total. The van der Waals surface area contributed by atoms with Crippen LogP contribution in [-0.2, 0) is 0 Å². The molecule has 0 heterocycles. The molecule has 0 aliphatic heterocycles. The summed E-state index contributed by atoms with van der Waals surface area (Å²) >= 11 is 0. The van der Waals surface area contributed by atoms with Crippen molar-refractivity contribution in [3.63, 3.8) is 0 Å². The Hall–Kier alpha value is -1.78. The van der Waals surface area contributed by atoms with Gasteiger partial charge in [-0.25, -0.2) is 14.2 Å². The van der Waals surface area contributed by atoms with Crippen molar-refractivity contribution in [3.8, 4) is 0 Å². The van der Waals surface area contributed by atoms with Crippen LogP contribution < -0.4 is 11.3 Å². The molecule has 0 spiro atoms. The molecule has 0 unspecified atom stereocenters. The second kappa shape index (κ2) is 5.03. The molecule has 0 saturated carbocycles. The molecule has 0 aromatic heterocycles. The van der Waals surface area contributed by atoms with Gasteiger partial charge in [0.15, 0.2) is 0 Å². The molecule has 0 fully saturated rings. The van der Waals surface area contributed by atoms with Gasteiger partial charge in [0.25, 0.3) is 0 Å². The first-order valence-corrected chi connectivity index (χ1v) is 5.18. The first-order valence-electron chi connectivity index (χ1n) is 5.18. The minimum atomic E-state index is -0.615. The van der Waals surface area contributed by atoms with Gasteiger partial charge in [-0.15, -0.1) is 0 Å². The highest BCUT2D eigenvalue weighted by atomic mass is 19.1. The van der Waals surface area contributed by atoms with E-state index in [1.165, 1.54) is 12.1 Å². The highest BCUT2D eigenvalue weighted by Gasteiger charge is 2.13. The smallest absolute Gasteiger partial charge is 0.126 e. The van der Waals surface area contributed by atoms with E-state index < -0.39 is 17.7 Å². The van der Waals surface area contributed by atoms with Crippen molar-refractivity contribution >= 4 is 0 Å². The van der Waals surface area contributed by atoms with Gasteiger partial charge in [0.05, 0.1) is 6.04 Å². The molecular formula is C13H12F2N2. The Morgan fingerprint density at radius 2 is 1.47 bits per heavy atom. The van der Waals surface area contributed by atoms with E-state index in [-0.39, 0.29) is 0 Å². The van der Waals surface area contributed by atoms with Crippen LogP contribution in [0.3, 0.4) is 0 Å². The minimum Gasteiger partial charge on any atom is -0.271 e. The number of hydrogen-bond donors (Lipinski definition) is 2. The lowest BCUT2D eigenvalue weighted by molar-refractivity contribution is 0.566. The van der Waals surface area contributed by atoms with Gasteiger partial charge in [0.1, 0.15) is 11.6 Å². The van der Waals surface area contributed by atoms with Crippen molar-refractivity contribution in [2.75, 3.05) is 0 Å². The largest absolute Gasteiger partial charge is 0.271 e. The van der Waals surface area contributed by atoms with Crippen LogP contribution >= 0.6 is 0 Å². The molecule has 2 rings (SSSR count). The number of hydrogen-bond acceptors (Lipinski definition) is 2. The molecular weight excluding hydrogens is 222 g/mol. The lowest BCUT2D eigenvalue weighted by Crippen LogP contribution is -2.29. The molecule has 0 radical (unpaired) electrons. The number of hydrazine groups is 1. The topological polar surface area (TPSA) is 38.0 Å². The van der Waals surface area contributed by atoms with Crippen molar-refractivity contribution in [1.29, 1.82) is 0 Å². The van der Waals surface area contributed by atoms with Gasteiger partial charge < -0.3 is 0 Å². The molecule has 2 nitrogen and oxygen atoms in total. The van der Waals surface area contributed by atoms with Gasteiger partial charge in [-0.1, -0.05) is 30.3 Å². The van der Waals surface area contributed by atoms with Gasteiger partial charge in [-0.05, 0) is 23.3 Å². The number of halogens is 2. The zero-order valence-electron chi connectivity index (χ0n) is 9.03. The normalized spacial score (nSPS) is 12.4. The van der Waals surface area contributed by atoms with Gasteiger partial charge in [-0.3, -0.25) is 5.84 Å². The summed E-state index contributed by atoms with van der Waals surface area (Å²) < 4.78 is 26.3. The van der Waals surface area contributed by atoms with Crippen molar-refractivity contribution in [2.24, 2.45) is 5.84 Å². The molecule has 4 heteroatoms. The van der Waals surface area contributed by atoms with Gasteiger partial charge >= 0.3 is 0 Å². The molecule has 0 amide bonds. The Kier molecular flexibility index (Phi) is 3.46. The summed E-state index contributed by atoms with van der Waals surface area (Å²) in [4.78, 5) is 0. The Morgan fingerprint density at radius 3 is 2.00 bits per heavy atom. The highest BCUT2D eigenvalue weighted by Crippen LogP contribution is 2.22. The zero-order chi connectivity index (χ0) is 12.3. The summed E-state index contributed by atoms with van der Waals surface area (Å²) in [6, 6.07) is 12.2. The standard InChI is InChI=1S/C13H12F2N2/c14-11-6-10(7-12(15)8-11)13(17-16)9-4-2-1-3-5-9/h1-8,13,17H,16H2/t13-/m1/s1. The second-order valence-electron chi connectivity index (χ2n) is 3.71. The van der Waals surface area contributed by atoms with Crippen molar-refractivity contribution in [2.45, 2.75) is 6.04 Å². The maximum atomic E-state index is 13.1. The van der Waals surface area contributed by atoms with Crippen LogP contribution in [0.5, 0.6) is 0 Å². The van der Waals surface area contributed by atoms with E-state index in [9.17, 15) is 8.78 Å². The lowest BCUT2D eigenvalue weighted by atomic mass is 9.99.